The van der Waals surface area contributed by atoms with Crippen molar-refractivity contribution in [1.82, 2.24) is 4.90 Å². The zero-order valence-corrected chi connectivity index (χ0v) is 23.0. The molecule has 5 rings (SSSR count). The van der Waals surface area contributed by atoms with Gasteiger partial charge in [0.05, 0.1) is 23.2 Å². The van der Waals surface area contributed by atoms with Crippen LogP contribution in [0.3, 0.4) is 0 Å². The third-order valence-electron chi connectivity index (χ3n) is 8.05. The van der Waals surface area contributed by atoms with E-state index in [0.29, 0.717) is 31.1 Å². The summed E-state index contributed by atoms with van der Waals surface area (Å²) in [6.07, 6.45) is 14.0. The molecule has 2 amide bonds. The third-order valence-corrected chi connectivity index (χ3v) is 10.0. The van der Waals surface area contributed by atoms with Crippen LogP contribution in [0.4, 0.5) is 5.69 Å². The van der Waals surface area contributed by atoms with Crippen molar-refractivity contribution in [3.8, 4) is 0 Å². The van der Waals surface area contributed by atoms with Crippen LogP contribution in [0, 0.1) is 11.8 Å². The number of hydrogen-bond acceptors (Lipinski definition) is 6. The number of allylic oxidation sites excluding steroid dienone is 1. The second kappa shape index (κ2) is 11.8. The molecule has 0 aliphatic carbocycles. The van der Waals surface area contributed by atoms with Crippen LogP contribution in [0.1, 0.15) is 44.9 Å². The smallest absolute Gasteiger partial charge is 0.311 e. The van der Waals surface area contributed by atoms with E-state index in [-0.39, 0.29) is 29.6 Å². The van der Waals surface area contributed by atoms with Gasteiger partial charge in [0.2, 0.25) is 5.91 Å². The lowest BCUT2D eigenvalue weighted by Crippen LogP contribution is -2.53. The lowest BCUT2D eigenvalue weighted by molar-refractivity contribution is -0.153. The Hall–Kier alpha value is -2.29. The molecule has 1 aromatic rings. The minimum atomic E-state index is -0.854. The normalized spacial score (nSPS) is 31.9. The molecule has 1 spiro atoms. The Bertz CT molecular complexity index is 1110. The number of nitrogens with zero attached hydrogens (tertiary/aromatic N) is 2. The monoisotopic (exact) mass is 558 g/mol. The molecule has 4 aliphatic rings. The van der Waals surface area contributed by atoms with Crippen LogP contribution in [0.5, 0.6) is 0 Å². The summed E-state index contributed by atoms with van der Waals surface area (Å²) in [5, 5.41) is 9.49. The van der Waals surface area contributed by atoms with Crippen molar-refractivity contribution in [3.63, 3.8) is 0 Å². The molecule has 5 atom stereocenters. The van der Waals surface area contributed by atoms with Crippen molar-refractivity contribution >= 4 is 46.8 Å². The summed E-state index contributed by atoms with van der Waals surface area (Å²) in [5.74, 6) is -1.93. The molecular weight excluding hydrogens is 524 g/mol. The van der Waals surface area contributed by atoms with Crippen molar-refractivity contribution in [1.29, 1.82) is 0 Å². The first-order chi connectivity index (χ1) is 18.5. The Kier molecular flexibility index (Phi) is 8.50. The number of carbonyl (C=O) groups excluding carboxylic acids is 3. The minimum Gasteiger partial charge on any atom is -0.465 e. The van der Waals surface area contributed by atoms with Gasteiger partial charge in [0, 0.05) is 35.7 Å². The van der Waals surface area contributed by atoms with Crippen LogP contribution >= 0.6 is 23.4 Å². The van der Waals surface area contributed by atoms with Gasteiger partial charge in [-0.3, -0.25) is 14.4 Å². The second-order valence-corrected chi connectivity index (χ2v) is 12.4. The number of ether oxygens (including phenoxy) is 1. The molecule has 1 N–H and O–H groups in total. The highest BCUT2D eigenvalue weighted by Gasteiger charge is 2.70. The van der Waals surface area contributed by atoms with Crippen LogP contribution < -0.4 is 4.90 Å². The quantitative estimate of drug-likeness (QED) is 0.304. The number of likely N-dealkylation sites (tertiary alicyclic amines) is 1. The largest absolute Gasteiger partial charge is 0.465 e. The fraction of sp³-hybridized carbons (Fsp3) is 0.552. The predicted octanol–water partition coefficient (Wildman–Crippen LogP) is 4.38. The molecule has 38 heavy (non-hydrogen) atoms. The van der Waals surface area contributed by atoms with E-state index < -0.39 is 22.6 Å². The van der Waals surface area contributed by atoms with E-state index >= 15 is 0 Å². The minimum absolute atomic E-state index is 0.142. The van der Waals surface area contributed by atoms with Gasteiger partial charge in [0.1, 0.15) is 6.04 Å². The highest BCUT2D eigenvalue weighted by Crippen LogP contribution is 2.60. The van der Waals surface area contributed by atoms with Gasteiger partial charge in [-0.25, -0.2) is 0 Å². The first-order valence-electron chi connectivity index (χ1n) is 13.6. The molecule has 0 saturated carbocycles. The number of fused-ring (bicyclic) bond motifs is 2. The molecule has 7 nitrogen and oxygen atoms in total. The lowest BCUT2D eigenvalue weighted by atomic mass is 9.78. The molecule has 1 unspecified atom stereocenters. The van der Waals surface area contributed by atoms with Crippen LogP contribution in [-0.4, -0.2) is 70.1 Å². The number of rotatable bonds is 7. The number of halogens is 1. The molecule has 2 saturated heterocycles. The summed E-state index contributed by atoms with van der Waals surface area (Å²) in [4.78, 5) is 45.4. The molecule has 9 heteroatoms. The van der Waals surface area contributed by atoms with Gasteiger partial charge in [0.25, 0.3) is 5.91 Å². The molecule has 4 aliphatic heterocycles. The van der Waals surface area contributed by atoms with Crippen molar-refractivity contribution in [2.75, 3.05) is 31.2 Å². The summed E-state index contributed by atoms with van der Waals surface area (Å²) in [7, 11) is 0. The number of amides is 2. The first-order valence-corrected chi connectivity index (χ1v) is 14.9. The van der Waals surface area contributed by atoms with Crippen LogP contribution in [0.2, 0.25) is 5.02 Å². The summed E-state index contributed by atoms with van der Waals surface area (Å²) in [6, 6.07) is 6.44. The number of carbonyl (C=O) groups is 3. The van der Waals surface area contributed by atoms with Crippen LogP contribution in [0.25, 0.3) is 0 Å². The van der Waals surface area contributed by atoms with E-state index in [0.717, 1.165) is 44.2 Å². The fourth-order valence-electron chi connectivity index (χ4n) is 6.26. The number of benzene rings is 1. The van der Waals surface area contributed by atoms with Crippen LogP contribution in [0.15, 0.2) is 48.6 Å². The standard InChI is InChI=1S/C29H35ClN2O5S/c30-20-11-13-21(14-12-20)31-17-9-15-29-24(23-22(38-29)10-5-1-4-8-19-37-28(23)36)26(34)32(25(29)27(31)35)16-6-2-3-7-18-33/h5,9-15,22-25,33H,1-4,6-8,16-19H2/b10-5-/t22-,23+,24+,25?,29+/m1/s1. The Morgan fingerprint density at radius 1 is 1.03 bits per heavy atom. The van der Waals surface area contributed by atoms with E-state index in [4.69, 9.17) is 21.4 Å². The van der Waals surface area contributed by atoms with E-state index in [1.54, 1.807) is 33.7 Å². The molecule has 1 aromatic carbocycles. The van der Waals surface area contributed by atoms with Gasteiger partial charge in [-0.2, -0.15) is 0 Å². The van der Waals surface area contributed by atoms with Crippen molar-refractivity contribution < 1.29 is 24.2 Å². The van der Waals surface area contributed by atoms with Crippen molar-refractivity contribution in [3.05, 3.63) is 53.6 Å². The van der Waals surface area contributed by atoms with E-state index in [9.17, 15) is 14.4 Å². The number of esters is 1. The van der Waals surface area contributed by atoms with Crippen molar-refractivity contribution in [2.24, 2.45) is 11.8 Å². The number of unbranched alkanes of at least 4 members (excludes halogenated alkanes) is 3. The molecule has 0 bridgehead atoms. The van der Waals surface area contributed by atoms with Gasteiger partial charge in [-0.1, -0.05) is 48.7 Å². The van der Waals surface area contributed by atoms with E-state index in [2.05, 4.69) is 12.2 Å². The summed E-state index contributed by atoms with van der Waals surface area (Å²) >= 11 is 7.68. The molecule has 0 radical (unpaired) electrons. The number of aliphatic hydroxyl groups is 1. The Morgan fingerprint density at radius 2 is 1.82 bits per heavy atom. The Labute approximate surface area is 233 Å². The number of hydrogen-bond donors (Lipinski definition) is 1. The summed E-state index contributed by atoms with van der Waals surface area (Å²) in [6.45, 7) is 1.31. The Balaban J connectivity index is 1.53. The average molecular weight is 559 g/mol. The van der Waals surface area contributed by atoms with Gasteiger partial charge in [-0.15, -0.1) is 11.8 Å². The molecular formula is C29H35ClN2O5S. The van der Waals surface area contributed by atoms with Crippen LogP contribution in [-0.2, 0) is 19.1 Å². The molecule has 4 heterocycles. The maximum atomic E-state index is 14.4. The van der Waals surface area contributed by atoms with Gasteiger partial charge >= 0.3 is 5.97 Å². The van der Waals surface area contributed by atoms with Gasteiger partial charge in [-0.05, 0) is 56.4 Å². The average Bonchev–Trinajstić information content (AvgIpc) is 3.29. The predicted molar refractivity (Wildman–Crippen MR) is 149 cm³/mol. The van der Waals surface area contributed by atoms with Crippen molar-refractivity contribution in [2.45, 2.75) is 61.0 Å². The maximum absolute atomic E-state index is 14.4. The lowest BCUT2D eigenvalue weighted by Gasteiger charge is -2.35. The van der Waals surface area contributed by atoms with E-state index in [1.807, 2.05) is 24.3 Å². The first kappa shape index (κ1) is 27.3. The number of anilines is 1. The third kappa shape index (κ3) is 5.03. The zero-order valence-electron chi connectivity index (χ0n) is 21.5. The highest BCUT2D eigenvalue weighted by molar-refractivity contribution is 8.02. The second-order valence-electron chi connectivity index (χ2n) is 10.4. The summed E-state index contributed by atoms with van der Waals surface area (Å²) < 4.78 is 4.82. The fourth-order valence-corrected chi connectivity index (χ4v) is 8.38. The topological polar surface area (TPSA) is 87.2 Å². The molecule has 0 aromatic heterocycles. The summed E-state index contributed by atoms with van der Waals surface area (Å²) in [5.41, 5.74) is 0.723. The SMILES string of the molecule is O=C1OCCCC/C=C\[C@H]2S[C@]34C=CCN(c5ccc(Cl)cc5)C(=O)C3N(CCCCCCO)C(=O)[C@@H]4[C@@H]12. The number of aliphatic hydroxyl groups excluding tert-OH is 1. The zero-order chi connectivity index (χ0) is 26.7. The highest BCUT2D eigenvalue weighted by atomic mass is 35.5. The van der Waals surface area contributed by atoms with E-state index in [1.165, 1.54) is 0 Å². The molecule has 2 fully saturated rings. The Morgan fingerprint density at radius 3 is 2.61 bits per heavy atom. The number of thioether (sulfide) groups is 1. The number of cyclic esters (lactones) is 1. The maximum Gasteiger partial charge on any atom is 0.311 e. The van der Waals surface area contributed by atoms with Gasteiger partial charge < -0.3 is 19.6 Å². The van der Waals surface area contributed by atoms with Gasteiger partial charge in [0.15, 0.2) is 0 Å². The molecule has 204 valence electrons.